The van der Waals surface area contributed by atoms with Crippen LogP contribution in [0.15, 0.2) is 60.8 Å². The van der Waals surface area contributed by atoms with Gasteiger partial charge in [0.15, 0.2) is 5.11 Å². The Balaban J connectivity index is 1.66. The normalized spacial score (nSPS) is 15.7. The zero-order valence-corrected chi connectivity index (χ0v) is 18.0. The van der Waals surface area contributed by atoms with Crippen LogP contribution in [0.25, 0.3) is 0 Å². The van der Waals surface area contributed by atoms with Gasteiger partial charge in [0.25, 0.3) is 0 Å². The molecule has 0 radical (unpaired) electrons. The summed E-state index contributed by atoms with van der Waals surface area (Å²) in [7, 11) is 0. The molecule has 1 aliphatic heterocycles. The summed E-state index contributed by atoms with van der Waals surface area (Å²) in [6.07, 6.45) is 2.15. The molecule has 3 aromatic rings. The molecule has 2 aromatic carbocycles. The number of rotatable bonds is 4. The number of fused-ring (bicyclic) bond motifs is 1. The van der Waals surface area contributed by atoms with E-state index in [2.05, 4.69) is 77.3 Å². The van der Waals surface area contributed by atoms with Crippen LogP contribution in [0, 0.1) is 13.8 Å². The summed E-state index contributed by atoms with van der Waals surface area (Å²) in [5, 5.41) is 4.25. The Bertz CT molecular complexity index is 1010. The van der Waals surface area contributed by atoms with Gasteiger partial charge in [0.2, 0.25) is 0 Å². The van der Waals surface area contributed by atoms with Crippen LogP contribution < -0.4 is 10.1 Å². The summed E-state index contributed by atoms with van der Waals surface area (Å²) in [4.78, 5) is 2.29. The van der Waals surface area contributed by atoms with Crippen LogP contribution in [0.4, 0.5) is 5.69 Å². The minimum absolute atomic E-state index is 0.0690. The Kier molecular flexibility index (Phi) is 5.58. The maximum Gasteiger partial charge on any atom is 0.174 e. The molecule has 0 bridgehead atoms. The number of aromatic nitrogens is 1. The summed E-state index contributed by atoms with van der Waals surface area (Å²) >= 11 is 5.89. The summed E-state index contributed by atoms with van der Waals surface area (Å²) < 4.78 is 7.94. The highest BCUT2D eigenvalue weighted by atomic mass is 32.1. The number of nitrogens with one attached hydrogen (secondary N) is 1. The van der Waals surface area contributed by atoms with Crippen molar-refractivity contribution in [3.8, 4) is 5.75 Å². The number of hydrogen-bond acceptors (Lipinski definition) is 2. The van der Waals surface area contributed by atoms with Gasteiger partial charge in [0.1, 0.15) is 5.75 Å². The lowest BCUT2D eigenvalue weighted by molar-refractivity contribution is 0.293. The summed E-state index contributed by atoms with van der Waals surface area (Å²) in [5.41, 5.74) is 6.02. The first kappa shape index (κ1) is 19.5. The van der Waals surface area contributed by atoms with Gasteiger partial charge in [-0.3, -0.25) is 0 Å². The second-order valence-electron chi connectivity index (χ2n) is 7.40. The molecule has 0 amide bonds. The maximum absolute atomic E-state index is 5.89. The molecule has 5 heteroatoms. The second kappa shape index (κ2) is 8.29. The van der Waals surface area contributed by atoms with Gasteiger partial charge in [-0.05, 0) is 80.0 Å². The number of anilines is 1. The second-order valence-corrected chi connectivity index (χ2v) is 7.79. The van der Waals surface area contributed by atoms with E-state index in [9.17, 15) is 0 Å². The van der Waals surface area contributed by atoms with Crippen LogP contribution in [-0.4, -0.2) is 27.7 Å². The van der Waals surface area contributed by atoms with E-state index in [1.165, 1.54) is 22.4 Å². The van der Waals surface area contributed by atoms with E-state index in [-0.39, 0.29) is 6.04 Å². The van der Waals surface area contributed by atoms with Gasteiger partial charge >= 0.3 is 0 Å². The number of ether oxygens (including phenoxy) is 1. The van der Waals surface area contributed by atoms with Gasteiger partial charge in [-0.25, -0.2) is 0 Å². The van der Waals surface area contributed by atoms with Crippen LogP contribution in [0.2, 0.25) is 0 Å². The molecule has 2 heterocycles. The molecule has 0 aliphatic carbocycles. The van der Waals surface area contributed by atoms with Crippen LogP contribution in [0.5, 0.6) is 5.75 Å². The Morgan fingerprint density at radius 1 is 1.07 bits per heavy atom. The van der Waals surface area contributed by atoms with E-state index in [1.807, 2.05) is 19.1 Å². The number of aryl methyl sites for hydroxylation is 1. The van der Waals surface area contributed by atoms with Crippen molar-refractivity contribution in [3.05, 3.63) is 83.2 Å². The molecule has 4 nitrogen and oxygen atoms in total. The number of nitrogens with zero attached hydrogens (tertiary/aromatic N) is 2. The summed E-state index contributed by atoms with van der Waals surface area (Å²) in [6.45, 7) is 8.70. The first-order valence-electron chi connectivity index (χ1n) is 10.1. The molecule has 1 aliphatic rings. The van der Waals surface area contributed by atoms with Gasteiger partial charge < -0.3 is 19.5 Å². The third-order valence-electron chi connectivity index (χ3n) is 5.65. The van der Waals surface area contributed by atoms with Crippen molar-refractivity contribution in [1.82, 2.24) is 9.47 Å². The molecule has 1 atom stereocenters. The first-order chi connectivity index (χ1) is 14.1. The van der Waals surface area contributed by atoms with E-state index in [4.69, 9.17) is 17.0 Å². The Morgan fingerprint density at radius 2 is 1.86 bits per heavy atom. The van der Waals surface area contributed by atoms with Crippen molar-refractivity contribution in [2.24, 2.45) is 0 Å². The average Bonchev–Trinajstić information content (AvgIpc) is 3.20. The Labute approximate surface area is 178 Å². The van der Waals surface area contributed by atoms with Crippen molar-refractivity contribution >= 4 is 23.0 Å². The van der Waals surface area contributed by atoms with Crippen LogP contribution in [0.3, 0.4) is 0 Å². The fourth-order valence-electron chi connectivity index (χ4n) is 3.94. The molecule has 0 fully saturated rings. The average molecular weight is 406 g/mol. The standard InChI is InChI=1S/C24H27N3OS/c1-4-28-20-12-10-19(11-13-20)23-22-9-6-14-26(22)15-16-27(23)24(29)25-21-8-5-7-17(2)18(21)3/h5-14,23H,4,15-16H2,1-3H3,(H,25,29)/t23-/m1/s1. The van der Waals surface area contributed by atoms with E-state index in [0.717, 1.165) is 29.6 Å². The van der Waals surface area contributed by atoms with Gasteiger partial charge in [0, 0.05) is 30.7 Å². The summed E-state index contributed by atoms with van der Waals surface area (Å²) in [6, 6.07) is 19.0. The van der Waals surface area contributed by atoms with Crippen LogP contribution in [0.1, 0.15) is 35.3 Å². The SMILES string of the molecule is CCOc1ccc([C@@H]2c3cccn3CCN2C(=S)Nc2cccc(C)c2C)cc1. The lowest BCUT2D eigenvalue weighted by atomic mass is 10.00. The predicted octanol–water partition coefficient (Wildman–Crippen LogP) is 5.31. The molecule has 1 N–H and O–H groups in total. The monoisotopic (exact) mass is 405 g/mol. The Hall–Kier alpha value is -2.79. The largest absolute Gasteiger partial charge is 0.494 e. The number of thiocarbonyl (C=S) groups is 1. The van der Waals surface area contributed by atoms with Crippen molar-refractivity contribution in [1.29, 1.82) is 0 Å². The lowest BCUT2D eigenvalue weighted by Gasteiger charge is -2.39. The van der Waals surface area contributed by atoms with Gasteiger partial charge in [-0.2, -0.15) is 0 Å². The van der Waals surface area contributed by atoms with E-state index in [0.29, 0.717) is 6.61 Å². The zero-order valence-electron chi connectivity index (χ0n) is 17.2. The topological polar surface area (TPSA) is 29.4 Å². The molecule has 29 heavy (non-hydrogen) atoms. The third-order valence-corrected chi connectivity index (χ3v) is 5.99. The van der Waals surface area contributed by atoms with Gasteiger partial charge in [-0.1, -0.05) is 24.3 Å². The molecule has 1 aromatic heterocycles. The van der Waals surface area contributed by atoms with Gasteiger partial charge in [0.05, 0.1) is 12.6 Å². The maximum atomic E-state index is 5.89. The molecular formula is C24H27N3OS. The van der Waals surface area contributed by atoms with Crippen molar-refractivity contribution in [3.63, 3.8) is 0 Å². The number of hydrogen-bond donors (Lipinski definition) is 1. The highest BCUT2D eigenvalue weighted by Gasteiger charge is 2.30. The minimum Gasteiger partial charge on any atom is -0.494 e. The zero-order chi connectivity index (χ0) is 20.4. The molecule has 4 rings (SSSR count). The highest BCUT2D eigenvalue weighted by molar-refractivity contribution is 7.80. The molecule has 0 saturated heterocycles. The molecule has 0 saturated carbocycles. The summed E-state index contributed by atoms with van der Waals surface area (Å²) in [5.74, 6) is 0.894. The number of benzene rings is 2. The smallest absolute Gasteiger partial charge is 0.174 e. The fraction of sp³-hybridized carbons (Fsp3) is 0.292. The molecular weight excluding hydrogens is 378 g/mol. The fourth-order valence-corrected chi connectivity index (χ4v) is 4.25. The minimum atomic E-state index is 0.0690. The predicted molar refractivity (Wildman–Crippen MR) is 123 cm³/mol. The van der Waals surface area contributed by atoms with E-state index >= 15 is 0 Å². The van der Waals surface area contributed by atoms with Crippen molar-refractivity contribution < 1.29 is 4.74 Å². The molecule has 150 valence electrons. The van der Waals surface area contributed by atoms with Crippen molar-refractivity contribution in [2.75, 3.05) is 18.5 Å². The quantitative estimate of drug-likeness (QED) is 0.596. The van der Waals surface area contributed by atoms with Crippen molar-refractivity contribution in [2.45, 2.75) is 33.4 Å². The third kappa shape index (κ3) is 3.87. The highest BCUT2D eigenvalue weighted by Crippen LogP contribution is 2.34. The van der Waals surface area contributed by atoms with E-state index in [1.54, 1.807) is 0 Å². The van der Waals surface area contributed by atoms with Gasteiger partial charge in [-0.15, -0.1) is 0 Å². The van der Waals surface area contributed by atoms with E-state index < -0.39 is 0 Å². The van der Waals surface area contributed by atoms with Crippen LogP contribution in [-0.2, 0) is 6.54 Å². The molecule has 0 spiro atoms. The lowest BCUT2D eigenvalue weighted by Crippen LogP contribution is -2.44. The Morgan fingerprint density at radius 3 is 2.62 bits per heavy atom. The first-order valence-corrected chi connectivity index (χ1v) is 10.5. The van der Waals surface area contributed by atoms with Crippen LogP contribution >= 0.6 is 12.2 Å². The molecule has 0 unspecified atom stereocenters.